The molecule has 2 saturated heterocycles. The van der Waals surface area contributed by atoms with E-state index in [0.29, 0.717) is 12.8 Å². The summed E-state index contributed by atoms with van der Waals surface area (Å²) in [7, 11) is 0. The van der Waals surface area contributed by atoms with Crippen LogP contribution in [0.15, 0.2) is 47.2 Å². The van der Waals surface area contributed by atoms with Crippen LogP contribution in [0.4, 0.5) is 5.69 Å². The zero-order valence-corrected chi connectivity index (χ0v) is 14.2. The highest BCUT2D eigenvalue weighted by Gasteiger charge is 2.48. The second-order valence-electron chi connectivity index (χ2n) is 6.45. The largest absolute Gasteiger partial charge is 0.337 e. The number of nitrogens with zero attached hydrogens (tertiary/aromatic N) is 2. The van der Waals surface area contributed by atoms with E-state index in [-0.39, 0.29) is 23.9 Å². The van der Waals surface area contributed by atoms with E-state index >= 15 is 0 Å². The predicted octanol–water partition coefficient (Wildman–Crippen LogP) is 3.09. The molecule has 0 spiro atoms. The van der Waals surface area contributed by atoms with E-state index in [1.807, 2.05) is 44.8 Å². The molecule has 1 aromatic carbocycles. The third-order valence-corrected chi connectivity index (χ3v) is 5.74. The summed E-state index contributed by atoms with van der Waals surface area (Å²) in [6.07, 6.45) is 2.61. The number of carbonyl (C=O) groups excluding carboxylic acids is 2. The molecule has 2 atom stereocenters. The Morgan fingerprint density at radius 3 is 2.75 bits per heavy atom. The van der Waals surface area contributed by atoms with Crippen LogP contribution >= 0.6 is 11.3 Å². The molecule has 24 heavy (non-hydrogen) atoms. The van der Waals surface area contributed by atoms with Gasteiger partial charge < -0.3 is 9.80 Å². The summed E-state index contributed by atoms with van der Waals surface area (Å²) in [5, 5.41) is 4.01. The van der Waals surface area contributed by atoms with Gasteiger partial charge in [-0.1, -0.05) is 30.3 Å². The first kappa shape index (κ1) is 15.4. The van der Waals surface area contributed by atoms with Crippen LogP contribution in [0.1, 0.15) is 24.8 Å². The van der Waals surface area contributed by atoms with Crippen LogP contribution in [0.3, 0.4) is 0 Å². The molecule has 2 aliphatic heterocycles. The Labute approximate surface area is 145 Å². The van der Waals surface area contributed by atoms with Crippen LogP contribution in [0.25, 0.3) is 0 Å². The Hall–Kier alpha value is -2.14. The second-order valence-corrected chi connectivity index (χ2v) is 7.23. The van der Waals surface area contributed by atoms with Gasteiger partial charge in [-0.25, -0.2) is 0 Å². The summed E-state index contributed by atoms with van der Waals surface area (Å²) in [4.78, 5) is 28.9. The fourth-order valence-electron chi connectivity index (χ4n) is 3.93. The predicted molar refractivity (Wildman–Crippen MR) is 95.1 cm³/mol. The number of benzene rings is 1. The molecule has 2 aliphatic rings. The van der Waals surface area contributed by atoms with Gasteiger partial charge in [-0.2, -0.15) is 11.3 Å². The lowest BCUT2D eigenvalue weighted by molar-refractivity contribution is -0.132. The van der Waals surface area contributed by atoms with Crippen molar-refractivity contribution in [1.82, 2.24) is 4.90 Å². The van der Waals surface area contributed by atoms with Crippen molar-refractivity contribution in [3.8, 4) is 0 Å². The molecule has 2 amide bonds. The summed E-state index contributed by atoms with van der Waals surface area (Å²) in [6, 6.07) is 12.3. The Kier molecular flexibility index (Phi) is 4.10. The summed E-state index contributed by atoms with van der Waals surface area (Å²) in [5.41, 5.74) is 2.17. The van der Waals surface area contributed by atoms with E-state index in [1.165, 1.54) is 5.56 Å². The van der Waals surface area contributed by atoms with Gasteiger partial charge in [-0.15, -0.1) is 0 Å². The fourth-order valence-corrected chi connectivity index (χ4v) is 4.55. The van der Waals surface area contributed by atoms with Gasteiger partial charge in [-0.05, 0) is 29.9 Å². The quantitative estimate of drug-likeness (QED) is 0.858. The Morgan fingerprint density at radius 1 is 1.17 bits per heavy atom. The average Bonchev–Trinajstić information content (AvgIpc) is 3.30. The zero-order chi connectivity index (χ0) is 16.5. The SMILES string of the molecule is O=C(CCc1ccccc1)N1CC[C@H]2[C@H]1CC(=O)N2c1ccsc1. The lowest BCUT2D eigenvalue weighted by Gasteiger charge is -2.25. The number of anilines is 1. The molecular formula is C19H20N2O2S. The molecule has 0 saturated carbocycles. The van der Waals surface area contributed by atoms with E-state index in [9.17, 15) is 9.59 Å². The normalized spacial score (nSPS) is 22.9. The van der Waals surface area contributed by atoms with Crippen molar-refractivity contribution in [2.24, 2.45) is 0 Å². The maximum absolute atomic E-state index is 12.7. The number of hydrogen-bond donors (Lipinski definition) is 0. The Balaban J connectivity index is 1.43. The molecule has 0 unspecified atom stereocenters. The van der Waals surface area contributed by atoms with Crippen LogP contribution in [-0.2, 0) is 16.0 Å². The minimum Gasteiger partial charge on any atom is -0.337 e. The second kappa shape index (κ2) is 6.40. The Bertz CT molecular complexity index is 729. The van der Waals surface area contributed by atoms with Gasteiger partial charge in [-0.3, -0.25) is 9.59 Å². The van der Waals surface area contributed by atoms with Crippen LogP contribution < -0.4 is 4.90 Å². The van der Waals surface area contributed by atoms with Crippen molar-refractivity contribution < 1.29 is 9.59 Å². The molecule has 0 aliphatic carbocycles. The lowest BCUT2D eigenvalue weighted by atomic mass is 10.1. The third kappa shape index (κ3) is 2.73. The van der Waals surface area contributed by atoms with Crippen LogP contribution in [-0.4, -0.2) is 35.3 Å². The van der Waals surface area contributed by atoms with Crippen molar-refractivity contribution in [1.29, 1.82) is 0 Å². The molecule has 0 N–H and O–H groups in total. The highest BCUT2D eigenvalue weighted by molar-refractivity contribution is 7.08. The first-order valence-electron chi connectivity index (χ1n) is 8.41. The summed E-state index contributed by atoms with van der Waals surface area (Å²) < 4.78 is 0. The number of likely N-dealkylation sites (tertiary alicyclic amines) is 1. The summed E-state index contributed by atoms with van der Waals surface area (Å²) in [5.74, 6) is 0.315. The van der Waals surface area contributed by atoms with Crippen molar-refractivity contribution in [3.63, 3.8) is 0 Å². The summed E-state index contributed by atoms with van der Waals surface area (Å²) >= 11 is 1.60. The van der Waals surface area contributed by atoms with Gasteiger partial charge in [0.15, 0.2) is 0 Å². The highest BCUT2D eigenvalue weighted by Crippen LogP contribution is 2.37. The number of carbonyl (C=O) groups is 2. The minimum absolute atomic E-state index is 0.0423. The molecule has 1 aromatic heterocycles. The fraction of sp³-hybridized carbons (Fsp3) is 0.368. The van der Waals surface area contributed by atoms with E-state index in [4.69, 9.17) is 0 Å². The molecule has 2 fully saturated rings. The topological polar surface area (TPSA) is 40.6 Å². The molecule has 2 aromatic rings. The number of aryl methyl sites for hydroxylation is 1. The number of thiophene rings is 1. The number of amides is 2. The van der Waals surface area contributed by atoms with Gasteiger partial charge in [0.05, 0.1) is 17.8 Å². The molecular weight excluding hydrogens is 320 g/mol. The van der Waals surface area contributed by atoms with Crippen LogP contribution in [0.5, 0.6) is 0 Å². The summed E-state index contributed by atoms with van der Waals surface area (Å²) in [6.45, 7) is 0.761. The van der Waals surface area contributed by atoms with Crippen LogP contribution in [0.2, 0.25) is 0 Å². The maximum atomic E-state index is 12.7. The first-order valence-corrected chi connectivity index (χ1v) is 9.36. The van der Waals surface area contributed by atoms with E-state index in [1.54, 1.807) is 11.3 Å². The van der Waals surface area contributed by atoms with E-state index in [0.717, 1.165) is 25.1 Å². The maximum Gasteiger partial charge on any atom is 0.229 e. The lowest BCUT2D eigenvalue weighted by Crippen LogP contribution is -2.40. The highest BCUT2D eigenvalue weighted by atomic mass is 32.1. The monoisotopic (exact) mass is 340 g/mol. The first-order chi connectivity index (χ1) is 11.7. The Morgan fingerprint density at radius 2 is 2.00 bits per heavy atom. The van der Waals surface area contributed by atoms with Crippen molar-refractivity contribution >= 4 is 28.8 Å². The van der Waals surface area contributed by atoms with Crippen molar-refractivity contribution in [2.75, 3.05) is 11.4 Å². The molecule has 4 rings (SSSR count). The van der Waals surface area contributed by atoms with Crippen molar-refractivity contribution in [2.45, 2.75) is 37.8 Å². The smallest absolute Gasteiger partial charge is 0.229 e. The van der Waals surface area contributed by atoms with Gasteiger partial charge in [0.25, 0.3) is 0 Å². The average molecular weight is 340 g/mol. The number of hydrogen-bond acceptors (Lipinski definition) is 3. The van der Waals surface area contributed by atoms with Gasteiger partial charge >= 0.3 is 0 Å². The van der Waals surface area contributed by atoms with Gasteiger partial charge in [0, 0.05) is 24.8 Å². The number of fused-ring (bicyclic) bond motifs is 1. The molecule has 3 heterocycles. The van der Waals surface area contributed by atoms with E-state index < -0.39 is 0 Å². The van der Waals surface area contributed by atoms with Gasteiger partial charge in [0.1, 0.15) is 0 Å². The molecule has 5 heteroatoms. The van der Waals surface area contributed by atoms with Gasteiger partial charge in [0.2, 0.25) is 11.8 Å². The van der Waals surface area contributed by atoms with Crippen molar-refractivity contribution in [3.05, 3.63) is 52.7 Å². The molecule has 0 bridgehead atoms. The van der Waals surface area contributed by atoms with E-state index in [2.05, 4.69) is 12.1 Å². The number of rotatable bonds is 4. The minimum atomic E-state index is 0.0423. The third-order valence-electron chi connectivity index (χ3n) is 5.07. The zero-order valence-electron chi connectivity index (χ0n) is 13.4. The van der Waals surface area contributed by atoms with Crippen LogP contribution in [0, 0.1) is 0 Å². The molecule has 124 valence electrons. The molecule has 0 radical (unpaired) electrons. The standard InChI is InChI=1S/C19H20N2O2S/c22-18(7-6-14-4-2-1-3-5-14)20-10-8-16-17(20)12-19(23)21(16)15-9-11-24-13-15/h1-5,9,11,13,16-17H,6-8,10,12H2/t16-,17+/m0/s1. The molecule has 4 nitrogen and oxygen atoms in total.